The van der Waals surface area contributed by atoms with Crippen molar-refractivity contribution in [2.45, 2.75) is 36.6 Å². The van der Waals surface area contributed by atoms with E-state index in [1.807, 2.05) is 91.0 Å². The van der Waals surface area contributed by atoms with Gasteiger partial charge in [0.1, 0.15) is 17.8 Å². The van der Waals surface area contributed by atoms with E-state index in [1.165, 1.54) is 0 Å². The monoisotopic (exact) mass is 406 g/mol. The first-order valence-electron chi connectivity index (χ1n) is 10.1. The lowest BCUT2D eigenvalue weighted by molar-refractivity contribution is -0.248. The van der Waals surface area contributed by atoms with E-state index in [0.717, 1.165) is 16.7 Å². The van der Waals surface area contributed by atoms with E-state index in [9.17, 15) is 15.3 Å². The second-order valence-corrected chi connectivity index (χ2v) is 7.51. The van der Waals surface area contributed by atoms with E-state index >= 15 is 0 Å². The first kappa shape index (κ1) is 20.7. The van der Waals surface area contributed by atoms with Crippen molar-refractivity contribution in [3.05, 3.63) is 108 Å². The van der Waals surface area contributed by atoms with Crippen molar-refractivity contribution in [2.24, 2.45) is 0 Å². The summed E-state index contributed by atoms with van der Waals surface area (Å²) in [6.07, 6.45) is -4.25. The molecule has 156 valence electrons. The number of benzene rings is 3. The number of ether oxygens (including phenoxy) is 2. The summed E-state index contributed by atoms with van der Waals surface area (Å²) < 4.78 is 12.1. The molecule has 4 rings (SSSR count). The molecule has 3 N–H and O–H groups in total. The molecule has 0 aromatic heterocycles. The maximum absolute atomic E-state index is 10.4. The molecule has 1 aliphatic heterocycles. The Morgan fingerprint density at radius 1 is 0.733 bits per heavy atom. The molecule has 5 heteroatoms. The number of aliphatic hydroxyl groups is 3. The van der Waals surface area contributed by atoms with Gasteiger partial charge in [0.2, 0.25) is 0 Å². The van der Waals surface area contributed by atoms with Crippen LogP contribution in [0.1, 0.15) is 23.1 Å². The van der Waals surface area contributed by atoms with Crippen molar-refractivity contribution in [2.75, 3.05) is 6.61 Å². The van der Waals surface area contributed by atoms with E-state index < -0.39 is 30.2 Å². The molecule has 5 nitrogen and oxygen atoms in total. The fourth-order valence-corrected chi connectivity index (χ4v) is 4.05. The van der Waals surface area contributed by atoms with Crippen molar-refractivity contribution in [1.29, 1.82) is 0 Å². The Kier molecular flexibility index (Phi) is 6.27. The molecule has 4 atom stereocenters. The number of rotatable bonds is 6. The summed E-state index contributed by atoms with van der Waals surface area (Å²) in [5, 5.41) is 30.4. The Hall–Kier alpha value is -2.54. The van der Waals surface area contributed by atoms with Crippen LogP contribution in [0, 0.1) is 0 Å². The summed E-state index contributed by atoms with van der Waals surface area (Å²) >= 11 is 0. The standard InChI is InChI=1S/C25H26O5/c26-21-16-23(27)30-22(24(21)28)17-29-25(18-10-4-1-5-11-18,19-12-6-2-7-13-19)20-14-8-3-9-15-20/h1-15,21-24,26-28H,16-17H2/t21-,22-,23?,24+/m1/s1. The minimum atomic E-state index is -1.14. The molecule has 0 aliphatic carbocycles. The number of hydrogen-bond donors (Lipinski definition) is 3. The van der Waals surface area contributed by atoms with E-state index in [1.54, 1.807) is 0 Å². The van der Waals surface area contributed by atoms with Crippen LogP contribution in [-0.4, -0.2) is 46.5 Å². The second-order valence-electron chi connectivity index (χ2n) is 7.51. The highest BCUT2D eigenvalue weighted by Gasteiger charge is 2.41. The van der Waals surface area contributed by atoms with Crippen molar-refractivity contribution in [1.82, 2.24) is 0 Å². The molecule has 0 bridgehead atoms. The normalized spacial score (nSPS) is 24.5. The highest BCUT2D eigenvalue weighted by Crippen LogP contribution is 2.41. The van der Waals surface area contributed by atoms with Crippen molar-refractivity contribution < 1.29 is 24.8 Å². The third-order valence-corrected chi connectivity index (χ3v) is 5.56. The van der Waals surface area contributed by atoms with E-state index in [-0.39, 0.29) is 13.0 Å². The van der Waals surface area contributed by atoms with Gasteiger partial charge in [-0.05, 0) is 16.7 Å². The Morgan fingerprint density at radius 2 is 1.17 bits per heavy atom. The molecule has 0 radical (unpaired) electrons. The smallest absolute Gasteiger partial charge is 0.157 e. The highest BCUT2D eigenvalue weighted by atomic mass is 16.6. The minimum absolute atomic E-state index is 0.0199. The van der Waals surface area contributed by atoms with Crippen LogP contribution in [0.15, 0.2) is 91.0 Å². The molecule has 30 heavy (non-hydrogen) atoms. The molecule has 1 unspecified atom stereocenters. The lowest BCUT2D eigenvalue weighted by Gasteiger charge is -2.40. The van der Waals surface area contributed by atoms with Gasteiger partial charge in [0.15, 0.2) is 6.29 Å². The van der Waals surface area contributed by atoms with E-state index in [4.69, 9.17) is 9.47 Å². The summed E-state index contributed by atoms with van der Waals surface area (Å²) in [5.74, 6) is 0. The van der Waals surface area contributed by atoms with Crippen LogP contribution in [-0.2, 0) is 15.1 Å². The summed E-state index contributed by atoms with van der Waals surface area (Å²) in [5.41, 5.74) is 1.82. The SMILES string of the molecule is OC1C[C@@H](O)[C@H](O)[C@@H](COC(c2ccccc2)(c2ccccc2)c2ccccc2)O1. The van der Waals surface area contributed by atoms with Crippen LogP contribution in [0.3, 0.4) is 0 Å². The van der Waals surface area contributed by atoms with Gasteiger partial charge < -0.3 is 24.8 Å². The van der Waals surface area contributed by atoms with Gasteiger partial charge >= 0.3 is 0 Å². The summed E-state index contributed by atoms with van der Waals surface area (Å²) in [6.45, 7) is -0.0199. The zero-order valence-electron chi connectivity index (χ0n) is 16.5. The topological polar surface area (TPSA) is 79.2 Å². The molecular formula is C25H26O5. The van der Waals surface area contributed by atoms with Crippen LogP contribution < -0.4 is 0 Å². The second kappa shape index (κ2) is 9.08. The zero-order chi connectivity index (χ0) is 21.0. The van der Waals surface area contributed by atoms with E-state index in [0.29, 0.717) is 0 Å². The summed E-state index contributed by atoms with van der Waals surface area (Å²) in [6, 6.07) is 29.6. The quantitative estimate of drug-likeness (QED) is 0.549. The third kappa shape index (κ3) is 4.03. The lowest BCUT2D eigenvalue weighted by atomic mass is 9.80. The van der Waals surface area contributed by atoms with Crippen molar-refractivity contribution in [3.8, 4) is 0 Å². The molecular weight excluding hydrogens is 380 g/mol. The molecule has 1 fully saturated rings. The third-order valence-electron chi connectivity index (χ3n) is 5.56. The maximum atomic E-state index is 10.4. The van der Waals surface area contributed by atoms with E-state index in [2.05, 4.69) is 0 Å². The van der Waals surface area contributed by atoms with Crippen LogP contribution >= 0.6 is 0 Å². The predicted molar refractivity (Wildman–Crippen MR) is 113 cm³/mol. The molecule has 0 saturated carbocycles. The number of hydrogen-bond acceptors (Lipinski definition) is 5. The van der Waals surface area contributed by atoms with Gasteiger partial charge in [-0.2, -0.15) is 0 Å². The van der Waals surface area contributed by atoms with Crippen LogP contribution in [0.2, 0.25) is 0 Å². The average molecular weight is 406 g/mol. The molecule has 1 heterocycles. The van der Waals surface area contributed by atoms with Crippen molar-refractivity contribution in [3.63, 3.8) is 0 Å². The van der Waals surface area contributed by atoms with Gasteiger partial charge in [0, 0.05) is 6.42 Å². The summed E-state index contributed by atoms with van der Waals surface area (Å²) in [7, 11) is 0. The Balaban J connectivity index is 1.79. The average Bonchev–Trinajstić information content (AvgIpc) is 2.79. The fraction of sp³-hybridized carbons (Fsp3) is 0.280. The first-order chi connectivity index (χ1) is 14.6. The van der Waals surface area contributed by atoms with Crippen LogP contribution in [0.25, 0.3) is 0 Å². The van der Waals surface area contributed by atoms with Gasteiger partial charge in [0.05, 0.1) is 12.7 Å². The Labute approximate surface area is 176 Å². The molecule has 1 saturated heterocycles. The predicted octanol–water partition coefficient (Wildman–Crippen LogP) is 2.82. The van der Waals surface area contributed by atoms with Crippen LogP contribution in [0.4, 0.5) is 0 Å². The highest BCUT2D eigenvalue weighted by molar-refractivity contribution is 5.47. The van der Waals surface area contributed by atoms with Crippen LogP contribution in [0.5, 0.6) is 0 Å². The first-order valence-corrected chi connectivity index (χ1v) is 10.1. The van der Waals surface area contributed by atoms with Crippen molar-refractivity contribution >= 4 is 0 Å². The fourth-order valence-electron chi connectivity index (χ4n) is 4.05. The lowest BCUT2D eigenvalue weighted by Crippen LogP contribution is -2.51. The maximum Gasteiger partial charge on any atom is 0.157 e. The Bertz CT molecular complexity index is 819. The van der Waals surface area contributed by atoms with Gasteiger partial charge in [0.25, 0.3) is 0 Å². The molecule has 0 amide bonds. The molecule has 3 aromatic rings. The van der Waals surface area contributed by atoms with Gasteiger partial charge in [-0.15, -0.1) is 0 Å². The summed E-state index contributed by atoms with van der Waals surface area (Å²) in [4.78, 5) is 0. The minimum Gasteiger partial charge on any atom is -0.390 e. The zero-order valence-corrected chi connectivity index (χ0v) is 16.5. The molecule has 1 aliphatic rings. The van der Waals surface area contributed by atoms with Gasteiger partial charge in [-0.3, -0.25) is 0 Å². The van der Waals surface area contributed by atoms with Gasteiger partial charge in [-0.25, -0.2) is 0 Å². The Morgan fingerprint density at radius 3 is 1.60 bits per heavy atom. The molecule has 0 spiro atoms. The largest absolute Gasteiger partial charge is 0.390 e. The number of aliphatic hydroxyl groups excluding tert-OH is 3. The molecule has 3 aromatic carbocycles. The van der Waals surface area contributed by atoms with Gasteiger partial charge in [-0.1, -0.05) is 91.0 Å².